The molecule has 8 heteroatoms. The zero-order valence-electron chi connectivity index (χ0n) is 17.2. The van der Waals surface area contributed by atoms with Crippen molar-refractivity contribution in [3.8, 4) is 5.75 Å². The van der Waals surface area contributed by atoms with Crippen LogP contribution in [0.1, 0.15) is 16.7 Å². The van der Waals surface area contributed by atoms with Gasteiger partial charge in [-0.15, -0.1) is 0 Å². The first-order valence-electron chi connectivity index (χ1n) is 9.75. The van der Waals surface area contributed by atoms with Gasteiger partial charge in [0.1, 0.15) is 5.75 Å². The van der Waals surface area contributed by atoms with Gasteiger partial charge in [0.25, 0.3) is 5.91 Å². The average molecular weight is 445 g/mol. The molecule has 2 aliphatic heterocycles. The van der Waals surface area contributed by atoms with E-state index >= 15 is 0 Å². The normalized spacial score (nSPS) is 23.6. The van der Waals surface area contributed by atoms with Crippen molar-refractivity contribution in [3.63, 3.8) is 0 Å². The molecule has 2 aliphatic rings. The summed E-state index contributed by atoms with van der Waals surface area (Å²) >= 11 is 1.40. The van der Waals surface area contributed by atoms with Crippen LogP contribution >= 0.6 is 11.8 Å². The van der Waals surface area contributed by atoms with Crippen LogP contribution in [0, 0.1) is 13.8 Å². The molecule has 2 saturated heterocycles. The highest BCUT2D eigenvalue weighted by molar-refractivity contribution is 8.16. The summed E-state index contributed by atoms with van der Waals surface area (Å²) in [6.07, 6.45) is 0.127. The number of hydrogen-bond donors (Lipinski definition) is 0. The summed E-state index contributed by atoms with van der Waals surface area (Å²) in [5.41, 5.74) is 3.79. The van der Waals surface area contributed by atoms with Gasteiger partial charge in [-0.1, -0.05) is 48.2 Å². The largest absolute Gasteiger partial charge is 0.496 e. The highest BCUT2D eigenvalue weighted by atomic mass is 32.2. The SMILES string of the molecule is COc1ccccc1CC(=O)N=C1S[C@@H]2CS(=O)(=O)C[C@H]2N1c1c(C)cccc1C. The van der Waals surface area contributed by atoms with E-state index in [9.17, 15) is 13.2 Å². The van der Waals surface area contributed by atoms with Crippen molar-refractivity contribution in [2.24, 2.45) is 4.99 Å². The number of benzene rings is 2. The molecule has 0 radical (unpaired) electrons. The van der Waals surface area contributed by atoms with Crippen molar-refractivity contribution in [1.29, 1.82) is 0 Å². The van der Waals surface area contributed by atoms with Gasteiger partial charge in [-0.3, -0.25) is 4.79 Å². The fraction of sp³-hybridized carbons (Fsp3) is 0.364. The smallest absolute Gasteiger partial charge is 0.252 e. The zero-order valence-corrected chi connectivity index (χ0v) is 18.8. The Morgan fingerprint density at radius 1 is 1.13 bits per heavy atom. The average Bonchev–Trinajstić information content (AvgIpc) is 3.14. The Morgan fingerprint density at radius 3 is 2.53 bits per heavy atom. The molecular formula is C22H24N2O4S2. The Kier molecular flexibility index (Phi) is 5.63. The fourth-order valence-electron chi connectivity index (χ4n) is 4.17. The van der Waals surface area contributed by atoms with Gasteiger partial charge in [0, 0.05) is 16.5 Å². The monoisotopic (exact) mass is 444 g/mol. The Hall–Kier alpha value is -2.32. The lowest BCUT2D eigenvalue weighted by molar-refractivity contribution is -0.117. The summed E-state index contributed by atoms with van der Waals surface area (Å²) in [5.74, 6) is 0.572. The van der Waals surface area contributed by atoms with Crippen LogP contribution in [-0.4, -0.2) is 49.4 Å². The first-order chi connectivity index (χ1) is 14.3. The van der Waals surface area contributed by atoms with Crippen molar-refractivity contribution < 1.29 is 17.9 Å². The molecule has 0 bridgehead atoms. The number of aryl methyl sites for hydroxylation is 2. The summed E-state index contributed by atoms with van der Waals surface area (Å²) in [6, 6.07) is 13.1. The van der Waals surface area contributed by atoms with E-state index < -0.39 is 9.84 Å². The van der Waals surface area contributed by atoms with Crippen molar-refractivity contribution in [2.45, 2.75) is 31.6 Å². The number of amides is 1. The number of methoxy groups -OCH3 is 1. The molecule has 2 atom stereocenters. The molecule has 1 amide bonds. The third-order valence-electron chi connectivity index (χ3n) is 5.50. The molecule has 0 N–H and O–H groups in total. The highest BCUT2D eigenvalue weighted by Crippen LogP contribution is 2.43. The number of rotatable bonds is 4. The third-order valence-corrected chi connectivity index (χ3v) is 8.71. The number of ether oxygens (including phenoxy) is 1. The van der Waals surface area contributed by atoms with E-state index in [0.29, 0.717) is 10.9 Å². The molecule has 0 saturated carbocycles. The number of para-hydroxylation sites is 2. The van der Waals surface area contributed by atoms with Gasteiger partial charge in [0.05, 0.1) is 31.1 Å². The summed E-state index contributed by atoms with van der Waals surface area (Å²) in [5, 5.41) is 0.462. The van der Waals surface area contributed by atoms with E-state index in [2.05, 4.69) is 4.99 Å². The number of carbonyl (C=O) groups is 1. The minimum absolute atomic E-state index is 0.0815. The number of anilines is 1. The number of nitrogens with zero attached hydrogens (tertiary/aromatic N) is 2. The maximum Gasteiger partial charge on any atom is 0.252 e. The molecule has 2 fully saturated rings. The summed E-state index contributed by atoms with van der Waals surface area (Å²) in [4.78, 5) is 19.2. The van der Waals surface area contributed by atoms with Gasteiger partial charge in [-0.25, -0.2) is 8.42 Å². The second kappa shape index (κ2) is 8.07. The zero-order chi connectivity index (χ0) is 21.5. The van der Waals surface area contributed by atoms with E-state index in [0.717, 1.165) is 22.4 Å². The fourth-order valence-corrected chi connectivity index (χ4v) is 8.09. The van der Waals surface area contributed by atoms with Crippen LogP contribution in [0.2, 0.25) is 0 Å². The predicted molar refractivity (Wildman–Crippen MR) is 121 cm³/mol. The quantitative estimate of drug-likeness (QED) is 0.721. The lowest BCUT2D eigenvalue weighted by Crippen LogP contribution is -2.38. The molecule has 0 spiro atoms. The Bertz CT molecular complexity index is 1110. The third kappa shape index (κ3) is 3.98. The number of aliphatic imine (C=N–C) groups is 1. The van der Waals surface area contributed by atoms with Crippen LogP contribution in [-0.2, 0) is 21.1 Å². The lowest BCUT2D eigenvalue weighted by atomic mass is 10.1. The number of carbonyl (C=O) groups excluding carboxylic acids is 1. The van der Waals surface area contributed by atoms with E-state index in [1.807, 2.05) is 61.2 Å². The molecule has 2 heterocycles. The molecule has 158 valence electrons. The van der Waals surface area contributed by atoms with E-state index in [4.69, 9.17) is 4.74 Å². The molecule has 2 aromatic rings. The number of sulfone groups is 1. The number of fused-ring (bicyclic) bond motifs is 1. The van der Waals surface area contributed by atoms with Gasteiger partial charge in [-0.2, -0.15) is 4.99 Å². The summed E-state index contributed by atoms with van der Waals surface area (Å²) in [7, 11) is -1.52. The number of amidine groups is 1. The van der Waals surface area contributed by atoms with Crippen LogP contribution in [0.5, 0.6) is 5.75 Å². The Balaban J connectivity index is 1.70. The van der Waals surface area contributed by atoms with Gasteiger partial charge in [0.2, 0.25) is 0 Å². The molecule has 0 aliphatic carbocycles. The maximum absolute atomic E-state index is 12.8. The number of hydrogen-bond acceptors (Lipinski definition) is 5. The molecular weight excluding hydrogens is 420 g/mol. The van der Waals surface area contributed by atoms with E-state index in [1.165, 1.54) is 11.8 Å². The second-order valence-electron chi connectivity index (χ2n) is 7.69. The Morgan fingerprint density at radius 2 is 1.83 bits per heavy atom. The van der Waals surface area contributed by atoms with Gasteiger partial charge in [0.15, 0.2) is 15.0 Å². The first kappa shape index (κ1) is 20.9. The van der Waals surface area contributed by atoms with Crippen LogP contribution < -0.4 is 9.64 Å². The minimum Gasteiger partial charge on any atom is -0.496 e. The predicted octanol–water partition coefficient (Wildman–Crippen LogP) is 3.16. The summed E-state index contributed by atoms with van der Waals surface area (Å²) < 4.78 is 29.9. The van der Waals surface area contributed by atoms with Gasteiger partial charge >= 0.3 is 0 Å². The van der Waals surface area contributed by atoms with Gasteiger partial charge in [-0.05, 0) is 31.0 Å². The highest BCUT2D eigenvalue weighted by Gasteiger charge is 2.49. The van der Waals surface area contributed by atoms with Crippen molar-refractivity contribution in [2.75, 3.05) is 23.5 Å². The van der Waals surface area contributed by atoms with Crippen molar-refractivity contribution in [3.05, 3.63) is 59.2 Å². The van der Waals surface area contributed by atoms with Crippen molar-refractivity contribution >= 4 is 38.4 Å². The molecule has 2 aromatic carbocycles. The topological polar surface area (TPSA) is 76.0 Å². The van der Waals surface area contributed by atoms with Gasteiger partial charge < -0.3 is 9.64 Å². The van der Waals surface area contributed by atoms with E-state index in [1.54, 1.807) is 7.11 Å². The van der Waals surface area contributed by atoms with Crippen LogP contribution in [0.3, 0.4) is 0 Å². The van der Waals surface area contributed by atoms with Crippen molar-refractivity contribution in [1.82, 2.24) is 0 Å². The van der Waals surface area contributed by atoms with Crippen LogP contribution in [0.15, 0.2) is 47.5 Å². The Labute approximate surface area is 181 Å². The molecule has 30 heavy (non-hydrogen) atoms. The minimum atomic E-state index is -3.10. The molecule has 0 aromatic heterocycles. The standard InChI is InChI=1S/C22H24N2O4S2/c1-14-7-6-8-15(2)21(14)24-17-12-30(26,27)13-19(17)29-22(24)23-20(25)11-16-9-4-5-10-18(16)28-3/h4-10,17,19H,11-13H2,1-3H3/t17-,19-/m1/s1. The van der Waals surface area contributed by atoms with Crippen LogP contribution in [0.4, 0.5) is 5.69 Å². The lowest BCUT2D eigenvalue weighted by Gasteiger charge is -2.28. The van der Waals surface area contributed by atoms with E-state index in [-0.39, 0.29) is 35.1 Å². The molecule has 0 unspecified atom stereocenters. The number of thioether (sulfide) groups is 1. The second-order valence-corrected chi connectivity index (χ2v) is 11.0. The summed E-state index contributed by atoms with van der Waals surface area (Å²) in [6.45, 7) is 4.00. The maximum atomic E-state index is 12.8. The molecule has 4 rings (SSSR count). The molecule has 6 nitrogen and oxygen atoms in total. The first-order valence-corrected chi connectivity index (χ1v) is 12.4. The van der Waals surface area contributed by atoms with Crippen LogP contribution in [0.25, 0.3) is 0 Å².